The van der Waals surface area contributed by atoms with Crippen molar-refractivity contribution in [3.05, 3.63) is 34.1 Å². The first-order valence-corrected chi connectivity index (χ1v) is 10.2. The molecule has 0 aliphatic carbocycles. The summed E-state index contributed by atoms with van der Waals surface area (Å²) in [6.07, 6.45) is 1.82. The molecule has 0 saturated carbocycles. The maximum atomic E-state index is 13.9. The van der Waals surface area contributed by atoms with Gasteiger partial charge in [0.05, 0.1) is 19.1 Å². The predicted molar refractivity (Wildman–Crippen MR) is 106 cm³/mol. The Kier molecular flexibility index (Phi) is 8.41. The molecule has 1 aliphatic heterocycles. The van der Waals surface area contributed by atoms with Gasteiger partial charge in [0, 0.05) is 31.0 Å². The summed E-state index contributed by atoms with van der Waals surface area (Å²) in [6, 6.07) is 4.73. The van der Waals surface area contributed by atoms with E-state index < -0.39 is 0 Å². The number of likely N-dealkylation sites (N-methyl/N-ethyl adjacent to an activating group) is 1. The van der Waals surface area contributed by atoms with Gasteiger partial charge in [0.25, 0.3) is 0 Å². The number of carbonyl (C=O) groups excluding carboxylic acids is 3. The fourth-order valence-electron chi connectivity index (χ4n) is 3.20. The molecule has 6 nitrogen and oxygen atoms in total. The molecule has 1 unspecified atom stereocenters. The normalized spacial score (nSPS) is 16.6. The number of hydrogen-bond donors (Lipinski definition) is 0. The van der Waals surface area contributed by atoms with Crippen LogP contribution in [0.25, 0.3) is 0 Å². The zero-order chi connectivity index (χ0) is 20.7. The largest absolute Gasteiger partial charge is 0.466 e. The van der Waals surface area contributed by atoms with E-state index in [4.69, 9.17) is 4.74 Å². The number of ether oxygens (including phenoxy) is 1. The molecule has 1 atom stereocenters. The van der Waals surface area contributed by atoms with Gasteiger partial charge in [-0.25, -0.2) is 4.39 Å². The molecule has 1 aromatic carbocycles. The van der Waals surface area contributed by atoms with Crippen LogP contribution in [-0.4, -0.2) is 60.9 Å². The minimum Gasteiger partial charge on any atom is -0.466 e. The minimum absolute atomic E-state index is 0.0583. The fourth-order valence-corrected chi connectivity index (χ4v) is 3.54. The van der Waals surface area contributed by atoms with Crippen molar-refractivity contribution in [2.24, 2.45) is 5.92 Å². The second kappa shape index (κ2) is 10.5. The van der Waals surface area contributed by atoms with E-state index in [0.29, 0.717) is 36.2 Å². The zero-order valence-electron chi connectivity index (χ0n) is 16.2. The lowest BCUT2D eigenvalue weighted by Crippen LogP contribution is -2.47. The average Bonchev–Trinajstić information content (AvgIpc) is 2.67. The summed E-state index contributed by atoms with van der Waals surface area (Å²) >= 11 is 3.20. The summed E-state index contributed by atoms with van der Waals surface area (Å²) in [6.45, 7) is 2.91. The summed E-state index contributed by atoms with van der Waals surface area (Å²) in [5.41, 5.74) is 0.463. The lowest BCUT2D eigenvalue weighted by atomic mass is 9.98. The maximum absolute atomic E-state index is 13.9. The second-order valence-electron chi connectivity index (χ2n) is 6.92. The number of esters is 1. The molecule has 28 heavy (non-hydrogen) atoms. The van der Waals surface area contributed by atoms with Crippen LogP contribution in [0.1, 0.15) is 31.7 Å². The molecule has 1 aliphatic rings. The number of piperidine rings is 1. The Bertz CT molecular complexity index is 728. The lowest BCUT2D eigenvalue weighted by molar-refractivity contribution is -0.152. The van der Waals surface area contributed by atoms with Crippen molar-refractivity contribution in [3.8, 4) is 0 Å². The Balaban J connectivity index is 1.83. The van der Waals surface area contributed by atoms with Crippen LogP contribution in [0.15, 0.2) is 22.7 Å². The van der Waals surface area contributed by atoms with E-state index in [0.717, 1.165) is 6.42 Å². The van der Waals surface area contributed by atoms with E-state index >= 15 is 0 Å². The van der Waals surface area contributed by atoms with Crippen LogP contribution in [0.2, 0.25) is 0 Å². The molecule has 2 amide bonds. The van der Waals surface area contributed by atoms with Gasteiger partial charge in [0.15, 0.2) is 0 Å². The number of hydrogen-bond acceptors (Lipinski definition) is 4. The van der Waals surface area contributed by atoms with Gasteiger partial charge in [-0.05, 0) is 43.9 Å². The van der Waals surface area contributed by atoms with Crippen LogP contribution < -0.4 is 0 Å². The number of halogens is 2. The Morgan fingerprint density at radius 1 is 1.36 bits per heavy atom. The summed E-state index contributed by atoms with van der Waals surface area (Å²) in [5, 5.41) is 0. The highest BCUT2D eigenvalue weighted by molar-refractivity contribution is 9.10. The van der Waals surface area contributed by atoms with Crippen molar-refractivity contribution in [2.45, 2.75) is 32.6 Å². The Hall–Kier alpha value is -1.96. The van der Waals surface area contributed by atoms with Crippen LogP contribution in [0.5, 0.6) is 0 Å². The number of benzene rings is 1. The van der Waals surface area contributed by atoms with E-state index in [9.17, 15) is 18.8 Å². The first-order chi connectivity index (χ1) is 13.3. The highest BCUT2D eigenvalue weighted by Gasteiger charge is 2.30. The highest BCUT2D eigenvalue weighted by atomic mass is 79.9. The fraction of sp³-hybridized carbons (Fsp3) is 0.550. The quantitative estimate of drug-likeness (QED) is 0.591. The number of amides is 2. The Morgan fingerprint density at radius 2 is 2.11 bits per heavy atom. The van der Waals surface area contributed by atoms with Crippen LogP contribution in [-0.2, 0) is 25.5 Å². The number of carbonyl (C=O) groups is 3. The second-order valence-corrected chi connectivity index (χ2v) is 7.83. The first-order valence-electron chi connectivity index (χ1n) is 9.44. The molecule has 0 radical (unpaired) electrons. The minimum atomic E-state index is -0.362. The number of rotatable bonds is 7. The van der Waals surface area contributed by atoms with Gasteiger partial charge in [-0.1, -0.05) is 22.0 Å². The molecule has 1 heterocycles. The topological polar surface area (TPSA) is 66.9 Å². The van der Waals surface area contributed by atoms with Crippen molar-refractivity contribution in [2.75, 3.05) is 33.3 Å². The summed E-state index contributed by atoms with van der Waals surface area (Å²) in [5.74, 6) is -1.37. The van der Waals surface area contributed by atoms with Crippen molar-refractivity contribution in [3.63, 3.8) is 0 Å². The van der Waals surface area contributed by atoms with Gasteiger partial charge >= 0.3 is 5.97 Å². The molecule has 8 heteroatoms. The van der Waals surface area contributed by atoms with Crippen molar-refractivity contribution in [1.29, 1.82) is 0 Å². The van der Waals surface area contributed by atoms with Gasteiger partial charge in [-0.15, -0.1) is 0 Å². The molecule has 0 N–H and O–H groups in total. The van der Waals surface area contributed by atoms with E-state index in [1.165, 1.54) is 11.0 Å². The van der Waals surface area contributed by atoms with Crippen molar-refractivity contribution in [1.82, 2.24) is 9.80 Å². The van der Waals surface area contributed by atoms with Gasteiger partial charge in [0.1, 0.15) is 5.82 Å². The molecule has 0 aromatic heterocycles. The maximum Gasteiger partial charge on any atom is 0.310 e. The van der Waals surface area contributed by atoms with Crippen LogP contribution in [0, 0.1) is 11.7 Å². The molecule has 2 rings (SSSR count). The van der Waals surface area contributed by atoms with Gasteiger partial charge < -0.3 is 14.5 Å². The van der Waals surface area contributed by atoms with Gasteiger partial charge in [-0.2, -0.15) is 0 Å². The van der Waals surface area contributed by atoms with Crippen LogP contribution in [0.4, 0.5) is 4.39 Å². The van der Waals surface area contributed by atoms with E-state index in [-0.39, 0.29) is 48.9 Å². The van der Waals surface area contributed by atoms with Crippen molar-refractivity contribution < 1.29 is 23.5 Å². The standard InChI is InChI=1S/C20H26BrFN2O4/c1-3-28-20(27)15-5-4-10-24(12-15)19(26)13-23(2)18(25)9-7-14-6-8-16(21)11-17(14)22/h6,8,11,15H,3-5,7,9-10,12-13H2,1-2H3. The third kappa shape index (κ3) is 6.29. The van der Waals surface area contributed by atoms with Gasteiger partial charge in [0.2, 0.25) is 11.8 Å². The zero-order valence-corrected chi connectivity index (χ0v) is 17.8. The molecular formula is C20H26BrFN2O4. The molecule has 1 aromatic rings. The van der Waals surface area contributed by atoms with Crippen molar-refractivity contribution >= 4 is 33.7 Å². The number of nitrogens with zero attached hydrogens (tertiary/aromatic N) is 2. The van der Waals surface area contributed by atoms with Crippen LogP contribution >= 0.6 is 15.9 Å². The summed E-state index contributed by atoms with van der Waals surface area (Å²) in [4.78, 5) is 39.7. The SMILES string of the molecule is CCOC(=O)C1CCCN(C(=O)CN(C)C(=O)CCc2ccc(Br)cc2F)C1. The lowest BCUT2D eigenvalue weighted by Gasteiger charge is -2.32. The van der Waals surface area contributed by atoms with E-state index in [1.54, 1.807) is 31.0 Å². The third-order valence-corrected chi connectivity index (χ3v) is 5.31. The molecule has 0 bridgehead atoms. The van der Waals surface area contributed by atoms with Gasteiger partial charge in [-0.3, -0.25) is 14.4 Å². The third-order valence-electron chi connectivity index (χ3n) is 4.82. The Labute approximate surface area is 173 Å². The van der Waals surface area contributed by atoms with E-state index in [1.807, 2.05) is 0 Å². The number of likely N-dealkylation sites (tertiary alicyclic amines) is 1. The molecule has 154 valence electrons. The molecule has 1 fully saturated rings. The highest BCUT2D eigenvalue weighted by Crippen LogP contribution is 2.19. The monoisotopic (exact) mass is 456 g/mol. The summed E-state index contributed by atoms with van der Waals surface area (Å²) < 4.78 is 19.5. The number of aryl methyl sites for hydroxylation is 1. The van der Waals surface area contributed by atoms with Crippen LogP contribution in [0.3, 0.4) is 0 Å². The average molecular weight is 457 g/mol. The molecule has 0 spiro atoms. The first kappa shape index (κ1) is 22.3. The van der Waals surface area contributed by atoms with E-state index in [2.05, 4.69) is 15.9 Å². The molecule has 1 saturated heterocycles. The predicted octanol–water partition coefficient (Wildman–Crippen LogP) is 2.78. The molecular weight excluding hydrogens is 431 g/mol. The Morgan fingerprint density at radius 3 is 2.79 bits per heavy atom. The smallest absolute Gasteiger partial charge is 0.310 e. The summed E-state index contributed by atoms with van der Waals surface area (Å²) in [7, 11) is 1.56.